The molecular weight excluding hydrogens is 300 g/mol. The van der Waals surface area contributed by atoms with Gasteiger partial charge in [-0.25, -0.2) is 0 Å². The lowest BCUT2D eigenvalue weighted by Gasteiger charge is -2.06. The van der Waals surface area contributed by atoms with E-state index >= 15 is 0 Å². The molecule has 20 heavy (non-hydrogen) atoms. The molecule has 9 heteroatoms. The summed E-state index contributed by atoms with van der Waals surface area (Å²) >= 11 is 2.80. The Labute approximate surface area is 124 Å². The molecule has 1 atom stereocenters. The van der Waals surface area contributed by atoms with Crippen LogP contribution in [0.4, 0.5) is 5.82 Å². The van der Waals surface area contributed by atoms with E-state index in [0.717, 1.165) is 0 Å². The summed E-state index contributed by atoms with van der Waals surface area (Å²) in [5.41, 5.74) is 0. The van der Waals surface area contributed by atoms with Gasteiger partial charge in [-0.1, -0.05) is 16.9 Å². The number of carbonyl (C=O) groups excluding carboxylic acids is 1. The molecule has 7 nitrogen and oxygen atoms in total. The van der Waals surface area contributed by atoms with Crippen LogP contribution in [0.3, 0.4) is 0 Å². The summed E-state index contributed by atoms with van der Waals surface area (Å²) < 4.78 is 10.3. The van der Waals surface area contributed by atoms with Crippen LogP contribution in [0.2, 0.25) is 0 Å². The fourth-order valence-electron chi connectivity index (χ4n) is 1.33. The van der Waals surface area contributed by atoms with Crippen molar-refractivity contribution >= 4 is 35.2 Å². The number of thioether (sulfide) groups is 2. The number of nitrogens with zero attached hydrogens (tertiary/aromatic N) is 3. The SMILES string of the molecule is CSCc1nnc(SC(C)C(=O)Nc2cc(C)on2)o1. The van der Waals surface area contributed by atoms with Crippen molar-refractivity contribution < 1.29 is 13.7 Å². The van der Waals surface area contributed by atoms with Gasteiger partial charge in [0.2, 0.25) is 11.8 Å². The van der Waals surface area contributed by atoms with Crippen molar-refractivity contribution in [2.45, 2.75) is 30.1 Å². The number of nitrogens with one attached hydrogen (secondary N) is 1. The number of anilines is 1. The molecule has 0 fully saturated rings. The molecule has 0 aromatic carbocycles. The Morgan fingerprint density at radius 1 is 1.50 bits per heavy atom. The third-order valence-electron chi connectivity index (χ3n) is 2.24. The zero-order valence-corrected chi connectivity index (χ0v) is 12.9. The van der Waals surface area contributed by atoms with E-state index in [2.05, 4.69) is 20.7 Å². The molecule has 1 unspecified atom stereocenters. The fourth-order valence-corrected chi connectivity index (χ4v) is 2.39. The smallest absolute Gasteiger partial charge is 0.277 e. The van der Waals surface area contributed by atoms with Crippen molar-refractivity contribution in [3.8, 4) is 0 Å². The van der Waals surface area contributed by atoms with Crippen LogP contribution in [0.5, 0.6) is 0 Å². The average Bonchev–Trinajstić information content (AvgIpc) is 2.99. The van der Waals surface area contributed by atoms with Gasteiger partial charge in [-0.2, -0.15) is 11.8 Å². The third-order valence-corrected chi connectivity index (χ3v) is 3.71. The fraction of sp³-hybridized carbons (Fsp3) is 0.455. The molecule has 2 aromatic rings. The Morgan fingerprint density at radius 3 is 2.95 bits per heavy atom. The second-order valence-electron chi connectivity index (χ2n) is 3.97. The van der Waals surface area contributed by atoms with Crippen LogP contribution in [-0.2, 0) is 10.5 Å². The molecule has 0 radical (unpaired) electrons. The monoisotopic (exact) mass is 314 g/mol. The van der Waals surface area contributed by atoms with Gasteiger partial charge >= 0.3 is 0 Å². The normalized spacial score (nSPS) is 12.3. The molecule has 2 heterocycles. The minimum Gasteiger partial charge on any atom is -0.415 e. The Balaban J connectivity index is 1.89. The van der Waals surface area contributed by atoms with Gasteiger partial charge in [0.15, 0.2) is 5.82 Å². The van der Waals surface area contributed by atoms with Crippen molar-refractivity contribution in [1.82, 2.24) is 15.4 Å². The lowest BCUT2D eigenvalue weighted by Crippen LogP contribution is -2.22. The molecule has 0 saturated heterocycles. The van der Waals surface area contributed by atoms with Crippen molar-refractivity contribution in [3.05, 3.63) is 17.7 Å². The van der Waals surface area contributed by atoms with E-state index in [1.54, 1.807) is 31.7 Å². The van der Waals surface area contributed by atoms with Crippen LogP contribution in [0, 0.1) is 6.92 Å². The first-order valence-corrected chi connectivity index (χ1v) is 8.08. The van der Waals surface area contributed by atoms with Crippen LogP contribution in [0.25, 0.3) is 0 Å². The maximum Gasteiger partial charge on any atom is 0.277 e. The molecule has 2 aromatic heterocycles. The van der Waals surface area contributed by atoms with E-state index in [-0.39, 0.29) is 11.2 Å². The quantitative estimate of drug-likeness (QED) is 0.812. The first-order valence-electron chi connectivity index (χ1n) is 5.80. The van der Waals surface area contributed by atoms with Gasteiger partial charge in [-0.3, -0.25) is 4.79 Å². The molecule has 0 saturated carbocycles. The molecule has 1 N–H and O–H groups in total. The lowest BCUT2D eigenvalue weighted by atomic mass is 10.4. The zero-order valence-electron chi connectivity index (χ0n) is 11.2. The number of amides is 1. The molecule has 0 aliphatic heterocycles. The number of rotatable bonds is 6. The molecule has 108 valence electrons. The Morgan fingerprint density at radius 2 is 2.30 bits per heavy atom. The highest BCUT2D eigenvalue weighted by Gasteiger charge is 2.19. The summed E-state index contributed by atoms with van der Waals surface area (Å²) in [5.74, 6) is 2.05. The predicted octanol–water partition coefficient (Wildman–Crippen LogP) is 2.35. The van der Waals surface area contributed by atoms with Gasteiger partial charge < -0.3 is 14.3 Å². The predicted molar refractivity (Wildman–Crippen MR) is 76.7 cm³/mol. The minimum atomic E-state index is -0.380. The zero-order chi connectivity index (χ0) is 14.5. The van der Waals surface area contributed by atoms with Crippen LogP contribution < -0.4 is 5.32 Å². The van der Waals surface area contributed by atoms with Gasteiger partial charge in [0.25, 0.3) is 5.22 Å². The van der Waals surface area contributed by atoms with Crippen molar-refractivity contribution in [3.63, 3.8) is 0 Å². The molecule has 2 rings (SSSR count). The number of aromatic nitrogens is 3. The Hall–Kier alpha value is -1.48. The minimum absolute atomic E-state index is 0.201. The molecule has 1 amide bonds. The molecular formula is C11H14N4O3S2. The van der Waals surface area contributed by atoms with Crippen molar-refractivity contribution in [2.24, 2.45) is 0 Å². The third kappa shape index (κ3) is 4.01. The molecule has 0 aliphatic rings. The first kappa shape index (κ1) is 14.9. The van der Waals surface area contributed by atoms with Gasteiger partial charge in [0, 0.05) is 6.07 Å². The van der Waals surface area contributed by atoms with Gasteiger partial charge in [0.05, 0.1) is 11.0 Å². The molecule has 0 aliphatic carbocycles. The van der Waals surface area contributed by atoms with Crippen LogP contribution in [0.1, 0.15) is 18.6 Å². The second kappa shape index (κ2) is 6.80. The van der Waals surface area contributed by atoms with E-state index in [1.807, 2.05) is 6.26 Å². The summed E-state index contributed by atoms with van der Waals surface area (Å²) in [6.45, 7) is 3.51. The van der Waals surface area contributed by atoms with Gasteiger partial charge in [-0.15, -0.1) is 10.2 Å². The number of hydrogen-bond donors (Lipinski definition) is 1. The van der Waals surface area contributed by atoms with Crippen molar-refractivity contribution in [1.29, 1.82) is 0 Å². The van der Waals surface area contributed by atoms with Crippen LogP contribution >= 0.6 is 23.5 Å². The number of aryl methyl sites for hydroxylation is 1. The molecule has 0 spiro atoms. The van der Waals surface area contributed by atoms with E-state index in [4.69, 9.17) is 8.94 Å². The first-order chi connectivity index (χ1) is 9.58. The maximum absolute atomic E-state index is 12.0. The number of carbonyl (C=O) groups is 1. The highest BCUT2D eigenvalue weighted by Crippen LogP contribution is 2.23. The Bertz CT molecular complexity index is 584. The van der Waals surface area contributed by atoms with E-state index in [9.17, 15) is 4.79 Å². The average molecular weight is 314 g/mol. The highest BCUT2D eigenvalue weighted by molar-refractivity contribution is 8.00. The largest absolute Gasteiger partial charge is 0.415 e. The second-order valence-corrected chi connectivity index (χ2v) is 6.12. The highest BCUT2D eigenvalue weighted by atomic mass is 32.2. The summed E-state index contributed by atoms with van der Waals surface area (Å²) in [6, 6.07) is 1.65. The lowest BCUT2D eigenvalue weighted by molar-refractivity contribution is -0.115. The standard InChI is InChI=1S/C11H14N4O3S2/c1-6-4-8(15-18-6)12-10(16)7(2)20-11-14-13-9(17-11)5-19-3/h4,7H,5H2,1-3H3,(H,12,15,16). The summed E-state index contributed by atoms with van der Waals surface area (Å²) in [7, 11) is 0. The van der Waals surface area contributed by atoms with Gasteiger partial charge in [-0.05, 0) is 20.1 Å². The van der Waals surface area contributed by atoms with E-state index in [1.165, 1.54) is 11.8 Å². The summed E-state index contributed by atoms with van der Waals surface area (Å²) in [5, 5.41) is 14.1. The topological polar surface area (TPSA) is 94.1 Å². The summed E-state index contributed by atoms with van der Waals surface area (Å²) in [4.78, 5) is 12.0. The van der Waals surface area contributed by atoms with E-state index < -0.39 is 0 Å². The van der Waals surface area contributed by atoms with E-state index in [0.29, 0.717) is 28.4 Å². The summed E-state index contributed by atoms with van der Waals surface area (Å²) in [6.07, 6.45) is 1.95. The molecule has 0 bridgehead atoms. The number of hydrogen-bond acceptors (Lipinski definition) is 8. The Kier molecular flexibility index (Phi) is 5.07. The van der Waals surface area contributed by atoms with Crippen LogP contribution in [-0.4, -0.2) is 32.8 Å². The van der Waals surface area contributed by atoms with Crippen LogP contribution in [0.15, 0.2) is 20.2 Å². The van der Waals surface area contributed by atoms with Crippen molar-refractivity contribution in [2.75, 3.05) is 11.6 Å². The van der Waals surface area contributed by atoms with Gasteiger partial charge in [0.1, 0.15) is 5.76 Å². The maximum atomic E-state index is 12.0.